The van der Waals surface area contributed by atoms with E-state index in [9.17, 15) is 4.79 Å². The Morgan fingerprint density at radius 2 is 1.48 bits per heavy atom. The van der Waals surface area contributed by atoms with Gasteiger partial charge in [-0.25, -0.2) is 4.98 Å². The Bertz CT molecular complexity index is 777. The molecule has 0 aliphatic rings. The van der Waals surface area contributed by atoms with Crippen molar-refractivity contribution in [3.8, 4) is 11.3 Å². The van der Waals surface area contributed by atoms with E-state index >= 15 is 0 Å². The first-order valence-electron chi connectivity index (χ1n) is 6.25. The smallest absolute Gasteiger partial charge is 0.228 e. The third-order valence-electron chi connectivity index (χ3n) is 3.04. The topological polar surface area (TPSA) is 45.8 Å². The van der Waals surface area contributed by atoms with Gasteiger partial charge in [-0.3, -0.25) is 4.79 Å². The Hall–Kier alpha value is -2.10. The molecular weight excluding hydrogens is 307 g/mol. The van der Waals surface area contributed by atoms with Crippen LogP contribution in [0.2, 0.25) is 10.0 Å². The predicted molar refractivity (Wildman–Crippen MR) is 83.9 cm³/mol. The molecule has 104 valence electrons. The Kier molecular flexibility index (Phi) is 3.78. The van der Waals surface area contributed by atoms with Crippen molar-refractivity contribution in [2.24, 2.45) is 0 Å². The minimum Gasteiger partial charge on any atom is -0.341 e. The van der Waals surface area contributed by atoms with Crippen LogP contribution in [0.25, 0.3) is 11.3 Å². The van der Waals surface area contributed by atoms with Crippen LogP contribution in [0.3, 0.4) is 0 Å². The molecule has 0 fully saturated rings. The number of aromatic nitrogens is 2. The van der Waals surface area contributed by atoms with Crippen molar-refractivity contribution in [1.82, 2.24) is 9.97 Å². The number of nitrogens with one attached hydrogen (secondary N) is 1. The highest BCUT2D eigenvalue weighted by atomic mass is 35.5. The molecule has 1 heterocycles. The number of rotatable bonds is 3. The molecule has 0 aliphatic carbocycles. The highest BCUT2D eigenvalue weighted by molar-refractivity contribution is 6.31. The number of nitrogens with zero attached hydrogens (tertiary/aromatic N) is 1. The molecule has 3 aromatic rings. The fourth-order valence-corrected chi connectivity index (χ4v) is 2.20. The fourth-order valence-electron chi connectivity index (χ4n) is 1.94. The van der Waals surface area contributed by atoms with Crippen molar-refractivity contribution < 1.29 is 4.79 Å². The van der Waals surface area contributed by atoms with Gasteiger partial charge in [-0.2, -0.15) is 0 Å². The molecule has 3 nitrogen and oxygen atoms in total. The van der Waals surface area contributed by atoms with Crippen LogP contribution >= 0.6 is 23.2 Å². The largest absolute Gasteiger partial charge is 0.341 e. The van der Waals surface area contributed by atoms with Gasteiger partial charge in [-0.15, -0.1) is 0 Å². The zero-order valence-corrected chi connectivity index (χ0v) is 12.3. The summed E-state index contributed by atoms with van der Waals surface area (Å²) in [5.41, 5.74) is 2.13. The lowest BCUT2D eigenvalue weighted by Gasteiger charge is -1.98. The third-order valence-corrected chi connectivity index (χ3v) is 3.54. The van der Waals surface area contributed by atoms with Crippen molar-refractivity contribution >= 4 is 29.0 Å². The summed E-state index contributed by atoms with van der Waals surface area (Å²) in [7, 11) is 0. The summed E-state index contributed by atoms with van der Waals surface area (Å²) in [5, 5.41) is 1.25. The number of H-pyrrole nitrogens is 1. The lowest BCUT2D eigenvalue weighted by Crippen LogP contribution is -2.03. The van der Waals surface area contributed by atoms with Gasteiger partial charge in [0.25, 0.3) is 0 Å². The monoisotopic (exact) mass is 316 g/mol. The van der Waals surface area contributed by atoms with Crippen molar-refractivity contribution in [2.75, 3.05) is 0 Å². The Morgan fingerprint density at radius 3 is 2.10 bits per heavy atom. The molecule has 0 saturated heterocycles. The number of hydrogen-bond acceptors (Lipinski definition) is 2. The predicted octanol–water partition coefficient (Wildman–Crippen LogP) is 4.61. The number of ketones is 1. The fraction of sp³-hybridized carbons (Fsp3) is 0. The number of halogens is 2. The summed E-state index contributed by atoms with van der Waals surface area (Å²) in [6, 6.07) is 14.0. The van der Waals surface area contributed by atoms with Crippen LogP contribution in [0, 0.1) is 0 Å². The van der Waals surface area contributed by atoms with E-state index in [-0.39, 0.29) is 5.78 Å². The first-order valence-corrected chi connectivity index (χ1v) is 7.01. The van der Waals surface area contributed by atoms with Crippen molar-refractivity contribution in [2.45, 2.75) is 0 Å². The van der Waals surface area contributed by atoms with Gasteiger partial charge >= 0.3 is 0 Å². The maximum absolute atomic E-state index is 12.3. The molecule has 0 atom stereocenters. The second kappa shape index (κ2) is 5.72. The maximum atomic E-state index is 12.3. The van der Waals surface area contributed by atoms with Gasteiger partial charge in [-0.05, 0) is 36.4 Å². The molecule has 0 amide bonds. The molecule has 0 spiro atoms. The summed E-state index contributed by atoms with van der Waals surface area (Å²) >= 11 is 11.7. The molecule has 21 heavy (non-hydrogen) atoms. The Morgan fingerprint density at radius 1 is 0.905 bits per heavy atom. The van der Waals surface area contributed by atoms with Crippen LogP contribution in [0.4, 0.5) is 0 Å². The minimum absolute atomic E-state index is 0.174. The van der Waals surface area contributed by atoms with E-state index in [0.29, 0.717) is 27.1 Å². The van der Waals surface area contributed by atoms with Crippen LogP contribution in [0.5, 0.6) is 0 Å². The highest BCUT2D eigenvalue weighted by Gasteiger charge is 2.13. The van der Waals surface area contributed by atoms with Gasteiger partial charge in [0.1, 0.15) is 0 Å². The SMILES string of the molecule is O=C(c1ccc(Cl)cc1)c1nc(-c2ccc(Cl)cc2)c[nH]1. The minimum atomic E-state index is -0.174. The molecular formula is C16H10Cl2N2O. The van der Waals surface area contributed by atoms with E-state index in [0.717, 1.165) is 5.56 Å². The molecule has 1 N–H and O–H groups in total. The summed E-state index contributed by atoms with van der Waals surface area (Å²) in [4.78, 5) is 19.5. The number of aromatic amines is 1. The first kappa shape index (κ1) is 13.9. The second-order valence-electron chi connectivity index (χ2n) is 4.48. The van der Waals surface area contributed by atoms with E-state index in [1.54, 1.807) is 42.6 Å². The molecule has 5 heteroatoms. The van der Waals surface area contributed by atoms with Crippen LogP contribution < -0.4 is 0 Å². The number of benzene rings is 2. The van der Waals surface area contributed by atoms with Gasteiger partial charge in [-0.1, -0.05) is 35.3 Å². The van der Waals surface area contributed by atoms with Crippen LogP contribution in [-0.2, 0) is 0 Å². The Balaban J connectivity index is 1.89. The molecule has 1 aromatic heterocycles. The van der Waals surface area contributed by atoms with Gasteiger partial charge in [0.2, 0.25) is 5.78 Å². The van der Waals surface area contributed by atoms with Gasteiger partial charge < -0.3 is 4.98 Å². The zero-order chi connectivity index (χ0) is 14.8. The maximum Gasteiger partial charge on any atom is 0.228 e. The van der Waals surface area contributed by atoms with Gasteiger partial charge in [0, 0.05) is 27.4 Å². The van der Waals surface area contributed by atoms with E-state index in [1.807, 2.05) is 12.1 Å². The highest BCUT2D eigenvalue weighted by Crippen LogP contribution is 2.20. The first-order chi connectivity index (χ1) is 10.1. The molecule has 0 unspecified atom stereocenters. The van der Waals surface area contributed by atoms with Crippen molar-refractivity contribution in [3.05, 3.63) is 76.2 Å². The Labute approximate surface area is 131 Å². The zero-order valence-electron chi connectivity index (χ0n) is 10.8. The number of carbonyl (C=O) groups is 1. The molecule has 3 rings (SSSR count). The van der Waals surface area contributed by atoms with Crippen LogP contribution in [0.1, 0.15) is 16.2 Å². The standard InChI is InChI=1S/C16H10Cl2N2O/c17-12-5-1-10(2-6-12)14-9-19-16(20-14)15(21)11-3-7-13(18)8-4-11/h1-9H,(H,19,20). The van der Waals surface area contributed by atoms with Crippen LogP contribution in [-0.4, -0.2) is 15.8 Å². The average molecular weight is 317 g/mol. The molecule has 0 saturated carbocycles. The van der Waals surface area contributed by atoms with Crippen molar-refractivity contribution in [3.63, 3.8) is 0 Å². The van der Waals surface area contributed by atoms with E-state index in [1.165, 1.54) is 0 Å². The quantitative estimate of drug-likeness (QED) is 0.717. The number of imidazole rings is 1. The van der Waals surface area contributed by atoms with Gasteiger partial charge in [0.05, 0.1) is 5.69 Å². The second-order valence-corrected chi connectivity index (χ2v) is 5.35. The summed E-state index contributed by atoms with van der Waals surface area (Å²) in [6.45, 7) is 0. The van der Waals surface area contributed by atoms with E-state index in [2.05, 4.69) is 9.97 Å². The lowest BCUT2D eigenvalue weighted by molar-refractivity contribution is 0.103. The average Bonchev–Trinajstić information content (AvgIpc) is 2.98. The molecule has 0 bridgehead atoms. The number of carbonyl (C=O) groups excluding carboxylic acids is 1. The summed E-state index contributed by atoms with van der Waals surface area (Å²) in [6.07, 6.45) is 1.70. The lowest BCUT2D eigenvalue weighted by atomic mass is 10.1. The van der Waals surface area contributed by atoms with Crippen molar-refractivity contribution in [1.29, 1.82) is 0 Å². The van der Waals surface area contributed by atoms with Gasteiger partial charge in [0.15, 0.2) is 5.82 Å². The summed E-state index contributed by atoms with van der Waals surface area (Å²) < 4.78 is 0. The van der Waals surface area contributed by atoms with E-state index in [4.69, 9.17) is 23.2 Å². The van der Waals surface area contributed by atoms with E-state index < -0.39 is 0 Å². The molecule has 0 radical (unpaired) electrons. The molecule has 2 aromatic carbocycles. The van der Waals surface area contributed by atoms with Crippen LogP contribution in [0.15, 0.2) is 54.7 Å². The third kappa shape index (κ3) is 2.99. The number of hydrogen-bond donors (Lipinski definition) is 1. The normalized spacial score (nSPS) is 10.6. The molecule has 0 aliphatic heterocycles. The summed E-state index contributed by atoms with van der Waals surface area (Å²) in [5.74, 6) is 0.120.